The van der Waals surface area contributed by atoms with E-state index in [0.717, 1.165) is 61.4 Å². The molecule has 0 N–H and O–H groups in total. The van der Waals surface area contributed by atoms with Crippen LogP contribution >= 0.6 is 0 Å². The predicted molar refractivity (Wildman–Crippen MR) is 218 cm³/mol. The van der Waals surface area contributed by atoms with Gasteiger partial charge in [-0.2, -0.15) is 0 Å². The van der Waals surface area contributed by atoms with Crippen LogP contribution in [0.4, 0.5) is 17.2 Å². The normalized spacial score (nSPS) is 11.3. The summed E-state index contributed by atoms with van der Waals surface area (Å²) < 4.78 is 2.37. The van der Waals surface area contributed by atoms with E-state index >= 15 is 0 Å². The molecule has 0 saturated carbocycles. The highest BCUT2D eigenvalue weighted by atomic mass is 15.2. The van der Waals surface area contributed by atoms with Gasteiger partial charge in [0.25, 0.3) is 0 Å². The second-order valence-corrected chi connectivity index (χ2v) is 13.0. The molecular formula is C47H31N7. The highest BCUT2D eigenvalue weighted by molar-refractivity contribution is 6.19. The lowest BCUT2D eigenvalue weighted by Gasteiger charge is -2.24. The minimum atomic E-state index is 0.611. The van der Waals surface area contributed by atoms with Crippen LogP contribution in [0.15, 0.2) is 188 Å². The number of rotatable bonds is 7. The van der Waals surface area contributed by atoms with Crippen molar-refractivity contribution in [3.05, 3.63) is 188 Å². The maximum atomic E-state index is 5.04. The molecule has 7 nitrogen and oxygen atoms in total. The third-order valence-corrected chi connectivity index (χ3v) is 9.74. The third kappa shape index (κ3) is 5.52. The number of hydrogen-bond acceptors (Lipinski definition) is 6. The van der Waals surface area contributed by atoms with Crippen LogP contribution in [0.2, 0.25) is 0 Å². The van der Waals surface area contributed by atoms with Crippen molar-refractivity contribution >= 4 is 49.8 Å². The van der Waals surface area contributed by atoms with Crippen molar-refractivity contribution in [3.8, 4) is 39.9 Å². The van der Waals surface area contributed by atoms with Crippen LogP contribution in [0.1, 0.15) is 0 Å². The first-order chi connectivity index (χ1) is 26.8. The van der Waals surface area contributed by atoms with Crippen molar-refractivity contribution in [1.29, 1.82) is 0 Å². The summed E-state index contributed by atoms with van der Waals surface area (Å²) in [6.07, 6.45) is 5.48. The Balaban J connectivity index is 1.19. The lowest BCUT2D eigenvalue weighted by Crippen LogP contribution is -2.11. The highest BCUT2D eigenvalue weighted by Crippen LogP contribution is 2.41. The van der Waals surface area contributed by atoms with E-state index in [1.165, 1.54) is 10.8 Å². The molecule has 0 fully saturated rings. The van der Waals surface area contributed by atoms with Gasteiger partial charge in [0, 0.05) is 56.6 Å². The van der Waals surface area contributed by atoms with Crippen molar-refractivity contribution in [2.24, 2.45) is 0 Å². The number of benzene rings is 6. The van der Waals surface area contributed by atoms with Crippen LogP contribution in [-0.2, 0) is 0 Å². The number of nitrogens with zero attached hydrogens (tertiary/aromatic N) is 7. The largest absolute Gasteiger partial charge is 0.309 e. The fourth-order valence-electron chi connectivity index (χ4n) is 7.28. The van der Waals surface area contributed by atoms with Crippen molar-refractivity contribution in [2.45, 2.75) is 0 Å². The second kappa shape index (κ2) is 13.2. The van der Waals surface area contributed by atoms with Crippen molar-refractivity contribution < 1.29 is 0 Å². The molecule has 0 spiro atoms. The molecule has 4 aromatic heterocycles. The molecule has 10 rings (SSSR count). The van der Waals surface area contributed by atoms with Crippen LogP contribution < -0.4 is 4.90 Å². The quantitative estimate of drug-likeness (QED) is 0.165. The summed E-state index contributed by atoms with van der Waals surface area (Å²) in [5, 5.41) is 4.63. The Hall–Kier alpha value is -7.51. The molecular weight excluding hydrogens is 663 g/mol. The molecule has 0 aliphatic carbocycles. The van der Waals surface area contributed by atoms with Gasteiger partial charge in [-0.15, -0.1) is 0 Å². The van der Waals surface area contributed by atoms with E-state index in [4.69, 9.17) is 19.9 Å². The summed E-state index contributed by atoms with van der Waals surface area (Å²) in [7, 11) is 0. The maximum absolute atomic E-state index is 5.04. The minimum absolute atomic E-state index is 0.611. The van der Waals surface area contributed by atoms with E-state index in [2.05, 4.69) is 99.4 Å². The Bertz CT molecular complexity index is 2830. The molecule has 6 aromatic carbocycles. The maximum Gasteiger partial charge on any atom is 0.164 e. The molecule has 0 bridgehead atoms. The molecule has 0 aliphatic heterocycles. The average Bonchev–Trinajstić information content (AvgIpc) is 3.59. The summed E-state index contributed by atoms with van der Waals surface area (Å²) in [5.74, 6) is 2.69. The molecule has 254 valence electrons. The van der Waals surface area contributed by atoms with Gasteiger partial charge in [0.1, 0.15) is 5.82 Å². The van der Waals surface area contributed by atoms with Gasteiger partial charge in [0.2, 0.25) is 0 Å². The van der Waals surface area contributed by atoms with E-state index in [1.54, 1.807) is 6.20 Å². The first-order valence-electron chi connectivity index (χ1n) is 17.8. The van der Waals surface area contributed by atoms with Crippen molar-refractivity contribution in [2.75, 3.05) is 4.90 Å². The highest BCUT2D eigenvalue weighted by Gasteiger charge is 2.20. The van der Waals surface area contributed by atoms with Crippen LogP contribution in [-0.4, -0.2) is 29.5 Å². The van der Waals surface area contributed by atoms with Gasteiger partial charge in [0.05, 0.1) is 22.9 Å². The van der Waals surface area contributed by atoms with Gasteiger partial charge in [-0.25, -0.2) is 19.9 Å². The average molecular weight is 694 g/mol. The Labute approximate surface area is 311 Å². The summed E-state index contributed by atoms with van der Waals surface area (Å²) in [6.45, 7) is 0. The third-order valence-electron chi connectivity index (χ3n) is 9.74. The van der Waals surface area contributed by atoms with E-state index in [1.807, 2.05) is 97.3 Å². The van der Waals surface area contributed by atoms with Crippen LogP contribution in [0.3, 0.4) is 0 Å². The zero-order valence-electron chi connectivity index (χ0n) is 29.0. The molecule has 10 aromatic rings. The number of aromatic nitrogens is 6. The number of anilines is 3. The van der Waals surface area contributed by atoms with Crippen LogP contribution in [0.5, 0.6) is 0 Å². The Morgan fingerprint density at radius 2 is 1.15 bits per heavy atom. The molecule has 0 radical (unpaired) electrons. The molecule has 7 heteroatoms. The van der Waals surface area contributed by atoms with Gasteiger partial charge >= 0.3 is 0 Å². The lowest BCUT2D eigenvalue weighted by atomic mass is 10.1. The summed E-state index contributed by atoms with van der Waals surface area (Å²) in [5.41, 5.74) is 7.91. The standard InChI is InChI=1S/C47H31N7/c1-3-14-33(15-4-1)45-50-46(34-16-5-2-6-17-34)52-47(51-45)35-18-11-19-36(29-35)54-42-26-24-37(53(38-20-12-27-48-31-38)43-22-9-10-28-49-43)30-41(42)40-25-23-32-13-7-8-21-39(32)44(40)54/h1-31H. The first-order valence-corrected chi connectivity index (χ1v) is 17.8. The monoisotopic (exact) mass is 693 g/mol. The lowest BCUT2D eigenvalue weighted by molar-refractivity contribution is 1.07. The first kappa shape index (κ1) is 31.2. The number of pyridine rings is 2. The molecule has 54 heavy (non-hydrogen) atoms. The zero-order valence-corrected chi connectivity index (χ0v) is 29.0. The predicted octanol–water partition coefficient (Wildman–Crippen LogP) is 11.4. The molecule has 4 heterocycles. The van der Waals surface area contributed by atoms with Gasteiger partial charge in [-0.05, 0) is 60.0 Å². The van der Waals surface area contributed by atoms with Crippen LogP contribution in [0.25, 0.3) is 72.4 Å². The van der Waals surface area contributed by atoms with Crippen molar-refractivity contribution in [3.63, 3.8) is 0 Å². The molecule has 0 atom stereocenters. The van der Waals surface area contributed by atoms with E-state index in [0.29, 0.717) is 17.5 Å². The smallest absolute Gasteiger partial charge is 0.164 e. The fourth-order valence-corrected chi connectivity index (χ4v) is 7.28. The van der Waals surface area contributed by atoms with E-state index in [-0.39, 0.29) is 0 Å². The minimum Gasteiger partial charge on any atom is -0.309 e. The molecule has 0 unspecified atom stereocenters. The SMILES string of the molecule is c1ccc(-c2nc(-c3ccccc3)nc(-c3cccc(-n4c5ccc(N(c6cccnc6)c6ccccn6)cc5c5ccc6ccccc6c54)c3)n2)cc1. The van der Waals surface area contributed by atoms with Gasteiger partial charge < -0.3 is 4.57 Å². The molecule has 0 amide bonds. The Morgan fingerprint density at radius 1 is 0.444 bits per heavy atom. The molecule has 0 aliphatic rings. The Kier molecular flexibility index (Phi) is 7.66. The number of fused-ring (bicyclic) bond motifs is 5. The van der Waals surface area contributed by atoms with Gasteiger partial charge in [-0.3, -0.25) is 9.88 Å². The van der Waals surface area contributed by atoms with E-state index < -0.39 is 0 Å². The van der Waals surface area contributed by atoms with Gasteiger partial charge in [0.15, 0.2) is 17.5 Å². The van der Waals surface area contributed by atoms with Gasteiger partial charge in [-0.1, -0.05) is 115 Å². The van der Waals surface area contributed by atoms with E-state index in [9.17, 15) is 0 Å². The zero-order chi connectivity index (χ0) is 35.8. The summed E-state index contributed by atoms with van der Waals surface area (Å²) in [4.78, 5) is 26.3. The van der Waals surface area contributed by atoms with Crippen LogP contribution in [0, 0.1) is 0 Å². The molecule has 0 saturated heterocycles. The summed E-state index contributed by atoms with van der Waals surface area (Å²) >= 11 is 0. The fraction of sp³-hybridized carbons (Fsp3) is 0. The second-order valence-electron chi connectivity index (χ2n) is 13.0. The number of hydrogen-bond donors (Lipinski definition) is 0. The van der Waals surface area contributed by atoms with Crippen molar-refractivity contribution in [1.82, 2.24) is 29.5 Å². The topological polar surface area (TPSA) is 72.6 Å². The Morgan fingerprint density at radius 3 is 1.87 bits per heavy atom. The summed E-state index contributed by atoms with van der Waals surface area (Å²) in [6, 6.07) is 58.3.